The second-order valence-electron chi connectivity index (χ2n) is 5.42. The standard InChI is InChI=1S/C15H22O2Si/c1-4-12-10-14(11-15(16)17-12)18(2,3)13-8-6-5-7-9-13/h5-10,12,15-16H,4,11H2,1-3H3/t12-,15-/m1/s1. The Hall–Kier alpha value is -0.903. The summed E-state index contributed by atoms with van der Waals surface area (Å²) in [5, 5.41) is 12.7. The van der Waals surface area contributed by atoms with Crippen LogP contribution in [0.2, 0.25) is 13.1 Å². The zero-order chi connectivity index (χ0) is 13.2. The summed E-state index contributed by atoms with van der Waals surface area (Å²) < 4.78 is 5.50. The molecule has 0 bridgehead atoms. The minimum absolute atomic E-state index is 0.0687. The molecule has 2 atom stereocenters. The third-order valence-electron chi connectivity index (χ3n) is 3.81. The fraction of sp³-hybridized carbons (Fsp3) is 0.467. The minimum Gasteiger partial charge on any atom is -0.368 e. The first-order chi connectivity index (χ1) is 8.54. The Labute approximate surface area is 110 Å². The van der Waals surface area contributed by atoms with Gasteiger partial charge in [-0.25, -0.2) is 0 Å². The Morgan fingerprint density at radius 1 is 1.28 bits per heavy atom. The molecule has 0 fully saturated rings. The maximum absolute atomic E-state index is 9.85. The first-order valence-electron chi connectivity index (χ1n) is 6.64. The highest BCUT2D eigenvalue weighted by molar-refractivity contribution is 6.95. The number of hydrogen-bond acceptors (Lipinski definition) is 2. The van der Waals surface area contributed by atoms with Crippen molar-refractivity contribution in [2.75, 3.05) is 0 Å². The first kappa shape index (κ1) is 13.5. The van der Waals surface area contributed by atoms with Crippen LogP contribution in [0.4, 0.5) is 0 Å². The van der Waals surface area contributed by atoms with Gasteiger partial charge in [-0.1, -0.05) is 66.8 Å². The predicted octanol–water partition coefficient (Wildman–Crippen LogP) is 2.58. The zero-order valence-electron chi connectivity index (χ0n) is 11.4. The topological polar surface area (TPSA) is 29.5 Å². The van der Waals surface area contributed by atoms with Crippen molar-refractivity contribution in [3.05, 3.63) is 41.6 Å². The monoisotopic (exact) mass is 262 g/mol. The largest absolute Gasteiger partial charge is 0.368 e. The van der Waals surface area contributed by atoms with Crippen LogP contribution in [0.15, 0.2) is 41.6 Å². The van der Waals surface area contributed by atoms with Gasteiger partial charge in [0.25, 0.3) is 0 Å². The molecular weight excluding hydrogens is 240 g/mol. The first-order valence-corrected chi connectivity index (χ1v) is 9.64. The lowest BCUT2D eigenvalue weighted by molar-refractivity contribution is -0.127. The molecule has 98 valence electrons. The molecule has 0 radical (unpaired) electrons. The van der Waals surface area contributed by atoms with Crippen LogP contribution in [0, 0.1) is 0 Å². The molecule has 1 aliphatic heterocycles. The van der Waals surface area contributed by atoms with Gasteiger partial charge in [0, 0.05) is 6.42 Å². The Morgan fingerprint density at radius 3 is 2.56 bits per heavy atom. The van der Waals surface area contributed by atoms with Gasteiger partial charge in [-0.2, -0.15) is 0 Å². The van der Waals surface area contributed by atoms with E-state index in [2.05, 4.69) is 56.4 Å². The third kappa shape index (κ3) is 2.74. The molecule has 0 saturated heterocycles. The highest BCUT2D eigenvalue weighted by atomic mass is 28.3. The summed E-state index contributed by atoms with van der Waals surface area (Å²) in [5.41, 5.74) is 0. The summed E-state index contributed by atoms with van der Waals surface area (Å²) in [4.78, 5) is 0. The van der Waals surface area contributed by atoms with Crippen LogP contribution in [-0.2, 0) is 4.74 Å². The SMILES string of the molecule is CC[C@@H]1C=C([Si](C)(C)c2ccccc2)C[C@H](O)O1. The van der Waals surface area contributed by atoms with Crippen molar-refractivity contribution < 1.29 is 9.84 Å². The second kappa shape index (κ2) is 5.39. The maximum atomic E-state index is 9.85. The Kier molecular flexibility index (Phi) is 4.05. The van der Waals surface area contributed by atoms with Gasteiger partial charge in [0.05, 0.1) is 6.10 Å². The molecule has 0 aliphatic carbocycles. The van der Waals surface area contributed by atoms with E-state index in [0.717, 1.165) is 6.42 Å². The highest BCUT2D eigenvalue weighted by Gasteiger charge is 2.33. The highest BCUT2D eigenvalue weighted by Crippen LogP contribution is 2.27. The zero-order valence-corrected chi connectivity index (χ0v) is 12.4. The molecule has 18 heavy (non-hydrogen) atoms. The van der Waals surface area contributed by atoms with Crippen LogP contribution in [0.25, 0.3) is 0 Å². The Balaban J connectivity index is 2.32. The predicted molar refractivity (Wildman–Crippen MR) is 77.4 cm³/mol. The molecule has 1 aliphatic rings. The van der Waals surface area contributed by atoms with Crippen molar-refractivity contribution in [3.8, 4) is 0 Å². The molecule has 0 amide bonds. The molecular formula is C15H22O2Si. The summed E-state index contributed by atoms with van der Waals surface area (Å²) in [5.74, 6) is 0. The van der Waals surface area contributed by atoms with Crippen LogP contribution in [0.5, 0.6) is 0 Å². The molecule has 0 saturated carbocycles. The van der Waals surface area contributed by atoms with E-state index in [1.54, 1.807) is 0 Å². The lowest BCUT2D eigenvalue weighted by atomic mass is 10.2. The van der Waals surface area contributed by atoms with E-state index in [-0.39, 0.29) is 6.10 Å². The van der Waals surface area contributed by atoms with Crippen LogP contribution in [-0.4, -0.2) is 25.6 Å². The lowest BCUT2D eigenvalue weighted by Crippen LogP contribution is -2.46. The quantitative estimate of drug-likeness (QED) is 0.849. The number of hydrogen-bond donors (Lipinski definition) is 1. The number of aliphatic hydroxyl groups excluding tert-OH is 1. The Bertz CT molecular complexity index is 425. The lowest BCUT2D eigenvalue weighted by Gasteiger charge is -2.34. The van der Waals surface area contributed by atoms with E-state index in [9.17, 15) is 5.11 Å². The van der Waals surface area contributed by atoms with Crippen molar-refractivity contribution in [1.82, 2.24) is 0 Å². The van der Waals surface area contributed by atoms with Crippen LogP contribution >= 0.6 is 0 Å². The minimum atomic E-state index is -1.66. The van der Waals surface area contributed by atoms with Gasteiger partial charge in [0.1, 0.15) is 8.07 Å². The number of rotatable bonds is 3. The smallest absolute Gasteiger partial charge is 0.158 e. The number of benzene rings is 1. The van der Waals surface area contributed by atoms with Gasteiger partial charge >= 0.3 is 0 Å². The molecule has 1 aromatic carbocycles. The maximum Gasteiger partial charge on any atom is 0.158 e. The summed E-state index contributed by atoms with van der Waals surface area (Å²) in [6, 6.07) is 10.6. The van der Waals surface area contributed by atoms with Gasteiger partial charge in [0.15, 0.2) is 6.29 Å². The molecule has 0 spiro atoms. The molecule has 3 heteroatoms. The number of ether oxygens (including phenoxy) is 1. The number of aliphatic hydroxyl groups is 1. The van der Waals surface area contributed by atoms with Crippen molar-refractivity contribution in [2.45, 2.75) is 45.3 Å². The van der Waals surface area contributed by atoms with E-state index >= 15 is 0 Å². The second-order valence-corrected chi connectivity index (χ2v) is 9.89. The van der Waals surface area contributed by atoms with Gasteiger partial charge < -0.3 is 9.84 Å². The van der Waals surface area contributed by atoms with Gasteiger partial charge in [-0.15, -0.1) is 0 Å². The van der Waals surface area contributed by atoms with Gasteiger partial charge in [-0.3, -0.25) is 0 Å². The van der Waals surface area contributed by atoms with Crippen molar-refractivity contribution in [2.24, 2.45) is 0 Å². The van der Waals surface area contributed by atoms with Crippen LogP contribution < -0.4 is 5.19 Å². The van der Waals surface area contributed by atoms with E-state index < -0.39 is 14.4 Å². The van der Waals surface area contributed by atoms with E-state index in [4.69, 9.17) is 4.74 Å². The Morgan fingerprint density at radius 2 is 1.94 bits per heavy atom. The normalized spacial score (nSPS) is 24.8. The molecule has 1 heterocycles. The third-order valence-corrected chi connectivity index (χ3v) is 7.57. The van der Waals surface area contributed by atoms with Gasteiger partial charge in [0.2, 0.25) is 0 Å². The van der Waals surface area contributed by atoms with Crippen molar-refractivity contribution >= 4 is 13.3 Å². The van der Waals surface area contributed by atoms with E-state index in [1.807, 2.05) is 0 Å². The molecule has 1 N–H and O–H groups in total. The molecule has 2 nitrogen and oxygen atoms in total. The molecule has 1 aromatic rings. The summed E-state index contributed by atoms with van der Waals surface area (Å²) in [6.45, 7) is 6.78. The summed E-state index contributed by atoms with van der Waals surface area (Å²) in [6.07, 6.45) is 3.25. The fourth-order valence-electron chi connectivity index (χ4n) is 2.49. The van der Waals surface area contributed by atoms with Crippen LogP contribution in [0.1, 0.15) is 19.8 Å². The van der Waals surface area contributed by atoms with Crippen molar-refractivity contribution in [1.29, 1.82) is 0 Å². The molecule has 0 unspecified atom stereocenters. The van der Waals surface area contributed by atoms with Gasteiger partial charge in [-0.05, 0) is 6.42 Å². The van der Waals surface area contributed by atoms with Crippen LogP contribution in [0.3, 0.4) is 0 Å². The molecule has 2 rings (SSSR count). The average Bonchev–Trinajstić information content (AvgIpc) is 2.39. The summed E-state index contributed by atoms with van der Waals surface area (Å²) >= 11 is 0. The van der Waals surface area contributed by atoms with E-state index in [0.29, 0.717) is 6.42 Å². The van der Waals surface area contributed by atoms with E-state index in [1.165, 1.54) is 10.4 Å². The molecule has 0 aromatic heterocycles. The summed E-state index contributed by atoms with van der Waals surface area (Å²) in [7, 11) is -1.66. The van der Waals surface area contributed by atoms with Crippen molar-refractivity contribution in [3.63, 3.8) is 0 Å². The fourth-order valence-corrected chi connectivity index (χ4v) is 5.17. The average molecular weight is 262 g/mol.